The van der Waals surface area contributed by atoms with Crippen LogP contribution in [-0.4, -0.2) is 19.9 Å². The van der Waals surface area contributed by atoms with Crippen LogP contribution in [0, 0.1) is 0 Å². The first-order valence-corrected chi connectivity index (χ1v) is 13.6. The molecule has 0 fully saturated rings. The summed E-state index contributed by atoms with van der Waals surface area (Å²) in [5.74, 6) is 0. The average molecular weight is 517 g/mol. The highest BCUT2D eigenvalue weighted by Gasteiger charge is 2.15. The minimum atomic E-state index is 0.919. The molecule has 4 aromatic carbocycles. The third kappa shape index (κ3) is 3.75. The molecule has 4 nitrogen and oxygen atoms in total. The largest absolute Gasteiger partial charge is 0.256 e. The van der Waals surface area contributed by atoms with Crippen molar-refractivity contribution in [2.75, 3.05) is 0 Å². The molecule has 0 aliphatic carbocycles. The Balaban J connectivity index is 1.33. The van der Waals surface area contributed by atoms with E-state index in [1.165, 1.54) is 4.70 Å². The van der Waals surface area contributed by atoms with Crippen molar-refractivity contribution in [1.82, 2.24) is 19.9 Å². The quantitative estimate of drug-likeness (QED) is 0.220. The van der Waals surface area contributed by atoms with Gasteiger partial charge >= 0.3 is 0 Å². The Morgan fingerprint density at radius 1 is 0.487 bits per heavy atom. The predicted octanol–water partition coefficient (Wildman–Crippen LogP) is 8.94. The van der Waals surface area contributed by atoms with Gasteiger partial charge in [0.2, 0.25) is 0 Å². The molecule has 4 aromatic heterocycles. The van der Waals surface area contributed by atoms with Crippen LogP contribution >= 0.6 is 11.3 Å². The Morgan fingerprint density at radius 3 is 2.21 bits per heavy atom. The van der Waals surface area contributed by atoms with Gasteiger partial charge in [0.05, 0.1) is 26.8 Å². The lowest BCUT2D eigenvalue weighted by molar-refractivity contribution is 1.37. The lowest BCUT2D eigenvalue weighted by Crippen LogP contribution is -1.90. The summed E-state index contributed by atoms with van der Waals surface area (Å²) in [5.41, 5.74) is 9.27. The van der Waals surface area contributed by atoms with Crippen LogP contribution in [0.5, 0.6) is 0 Å². The molecule has 8 rings (SSSR count). The standard InChI is InChI=1S/C34H20N4S/c1-2-8-29-23(6-1)16-26(20-36-29)27-14-13-22(18-28(27)34-38-30-9-3-4-10-31(30)39-34)25-17-24-12-11-21-7-5-15-35-32(21)33(24)37-19-25/h1-20H. The minimum absolute atomic E-state index is 0.919. The van der Waals surface area contributed by atoms with E-state index in [4.69, 9.17) is 15.0 Å². The van der Waals surface area contributed by atoms with Crippen LogP contribution in [-0.2, 0) is 0 Å². The van der Waals surface area contributed by atoms with Gasteiger partial charge in [-0.2, -0.15) is 0 Å². The van der Waals surface area contributed by atoms with E-state index in [-0.39, 0.29) is 0 Å². The number of nitrogens with zero attached hydrogens (tertiary/aromatic N) is 4. The number of para-hydroxylation sites is 2. The summed E-state index contributed by atoms with van der Waals surface area (Å²) in [6.45, 7) is 0. The fourth-order valence-corrected chi connectivity index (χ4v) is 6.25. The first-order valence-electron chi connectivity index (χ1n) is 12.8. The van der Waals surface area contributed by atoms with Crippen LogP contribution in [0.2, 0.25) is 0 Å². The van der Waals surface area contributed by atoms with Gasteiger partial charge in [0, 0.05) is 51.4 Å². The third-order valence-corrected chi connectivity index (χ3v) is 8.27. The highest BCUT2D eigenvalue weighted by Crippen LogP contribution is 2.40. The maximum atomic E-state index is 5.02. The fourth-order valence-electron chi connectivity index (χ4n) is 5.25. The van der Waals surface area contributed by atoms with Crippen molar-refractivity contribution in [2.45, 2.75) is 0 Å². The normalized spacial score (nSPS) is 11.6. The van der Waals surface area contributed by atoms with E-state index in [2.05, 4.69) is 83.8 Å². The fraction of sp³-hybridized carbons (Fsp3) is 0. The zero-order valence-corrected chi connectivity index (χ0v) is 21.6. The molecule has 182 valence electrons. The summed E-state index contributed by atoms with van der Waals surface area (Å²) in [5, 5.41) is 4.28. The van der Waals surface area contributed by atoms with E-state index in [9.17, 15) is 0 Å². The van der Waals surface area contributed by atoms with E-state index in [0.29, 0.717) is 0 Å². The molecule has 0 spiro atoms. The molecule has 0 N–H and O–H groups in total. The summed E-state index contributed by atoms with van der Waals surface area (Å²) in [6, 6.07) is 35.8. The topological polar surface area (TPSA) is 51.6 Å². The molecule has 0 unspecified atom stereocenters. The number of rotatable bonds is 3. The molecule has 0 bridgehead atoms. The van der Waals surface area contributed by atoms with Gasteiger partial charge in [-0.15, -0.1) is 11.3 Å². The number of hydrogen-bond acceptors (Lipinski definition) is 5. The second-order valence-corrected chi connectivity index (χ2v) is 10.6. The molecule has 4 heterocycles. The number of aromatic nitrogens is 4. The molecule has 0 saturated carbocycles. The van der Waals surface area contributed by atoms with Crippen molar-refractivity contribution in [3.63, 3.8) is 0 Å². The van der Waals surface area contributed by atoms with E-state index >= 15 is 0 Å². The number of benzene rings is 4. The Labute approximate surface area is 228 Å². The van der Waals surface area contributed by atoms with Crippen LogP contribution in [0.25, 0.3) is 75.8 Å². The Bertz CT molecular complexity index is 2170. The Hall–Kier alpha value is -5.00. The predicted molar refractivity (Wildman–Crippen MR) is 162 cm³/mol. The summed E-state index contributed by atoms with van der Waals surface area (Å²) in [6.07, 6.45) is 5.73. The van der Waals surface area contributed by atoms with Gasteiger partial charge in [-0.25, -0.2) is 4.98 Å². The lowest BCUT2D eigenvalue weighted by atomic mass is 9.95. The molecule has 0 atom stereocenters. The third-order valence-electron chi connectivity index (χ3n) is 7.20. The van der Waals surface area contributed by atoms with Crippen molar-refractivity contribution in [2.24, 2.45) is 0 Å². The zero-order valence-electron chi connectivity index (χ0n) is 20.7. The van der Waals surface area contributed by atoms with E-state index in [0.717, 1.165) is 71.1 Å². The minimum Gasteiger partial charge on any atom is -0.256 e. The van der Waals surface area contributed by atoms with Crippen LogP contribution in [0.3, 0.4) is 0 Å². The number of hydrogen-bond donors (Lipinski definition) is 0. The van der Waals surface area contributed by atoms with Crippen LogP contribution < -0.4 is 0 Å². The van der Waals surface area contributed by atoms with E-state index in [1.807, 2.05) is 42.9 Å². The highest BCUT2D eigenvalue weighted by atomic mass is 32.1. The maximum Gasteiger partial charge on any atom is 0.125 e. The van der Waals surface area contributed by atoms with Crippen molar-refractivity contribution in [1.29, 1.82) is 0 Å². The van der Waals surface area contributed by atoms with E-state index in [1.54, 1.807) is 11.3 Å². The summed E-state index contributed by atoms with van der Waals surface area (Å²) in [7, 11) is 0. The van der Waals surface area contributed by atoms with Gasteiger partial charge in [0.25, 0.3) is 0 Å². The number of thiazole rings is 1. The average Bonchev–Trinajstić information content (AvgIpc) is 3.44. The van der Waals surface area contributed by atoms with Crippen molar-refractivity contribution in [3.8, 4) is 32.8 Å². The van der Waals surface area contributed by atoms with Crippen molar-refractivity contribution in [3.05, 3.63) is 122 Å². The van der Waals surface area contributed by atoms with Gasteiger partial charge in [-0.05, 0) is 53.6 Å². The first-order chi connectivity index (χ1) is 19.3. The molecule has 0 amide bonds. The van der Waals surface area contributed by atoms with Crippen LogP contribution in [0.1, 0.15) is 0 Å². The second-order valence-electron chi connectivity index (χ2n) is 9.60. The molecule has 0 radical (unpaired) electrons. The van der Waals surface area contributed by atoms with Crippen molar-refractivity contribution >= 4 is 54.3 Å². The highest BCUT2D eigenvalue weighted by molar-refractivity contribution is 7.21. The van der Waals surface area contributed by atoms with Gasteiger partial charge in [0.15, 0.2) is 0 Å². The first kappa shape index (κ1) is 22.0. The molecular formula is C34H20N4S. The molecule has 39 heavy (non-hydrogen) atoms. The van der Waals surface area contributed by atoms with Gasteiger partial charge in [0.1, 0.15) is 5.01 Å². The molecule has 5 heteroatoms. The zero-order chi connectivity index (χ0) is 25.8. The van der Waals surface area contributed by atoms with Gasteiger partial charge in [-0.1, -0.05) is 60.7 Å². The second kappa shape index (κ2) is 8.79. The smallest absolute Gasteiger partial charge is 0.125 e. The number of pyridine rings is 3. The Kier molecular flexibility index (Phi) is 4.96. The molecule has 0 aliphatic rings. The van der Waals surface area contributed by atoms with E-state index < -0.39 is 0 Å². The summed E-state index contributed by atoms with van der Waals surface area (Å²) < 4.78 is 1.17. The lowest BCUT2D eigenvalue weighted by Gasteiger charge is -2.12. The summed E-state index contributed by atoms with van der Waals surface area (Å²) in [4.78, 5) is 19.2. The van der Waals surface area contributed by atoms with Crippen LogP contribution in [0.15, 0.2) is 122 Å². The van der Waals surface area contributed by atoms with Gasteiger partial charge < -0.3 is 0 Å². The maximum absolute atomic E-state index is 5.02. The SMILES string of the molecule is c1ccc2ncc(-c3ccc(-c4cnc5c(ccc6cccnc65)c4)cc3-c3nc4ccccc4s3)cc2c1. The summed E-state index contributed by atoms with van der Waals surface area (Å²) >= 11 is 1.72. The monoisotopic (exact) mass is 516 g/mol. The molecule has 0 saturated heterocycles. The molecule has 0 aliphatic heterocycles. The molecule has 8 aromatic rings. The van der Waals surface area contributed by atoms with Gasteiger partial charge in [-0.3, -0.25) is 15.0 Å². The van der Waals surface area contributed by atoms with Crippen LogP contribution in [0.4, 0.5) is 0 Å². The Morgan fingerprint density at radius 2 is 1.26 bits per heavy atom. The molecular weight excluding hydrogens is 496 g/mol. The number of fused-ring (bicyclic) bond motifs is 5. The van der Waals surface area contributed by atoms with Crippen molar-refractivity contribution < 1.29 is 0 Å².